The number of aromatic nitrogens is 2. The largest absolute Gasteiger partial charge is 0.481 e. The lowest BCUT2D eigenvalue weighted by molar-refractivity contribution is -0.142. The highest BCUT2D eigenvalue weighted by Gasteiger charge is 2.26. The normalized spacial score (nSPS) is 20.6. The van der Waals surface area contributed by atoms with Crippen LogP contribution in [0.5, 0.6) is 0 Å². The molecule has 2 rings (SSSR count). The molecular formula is C10H14N2O2. The zero-order valence-corrected chi connectivity index (χ0v) is 8.45. The molecule has 4 nitrogen and oxygen atoms in total. The maximum atomic E-state index is 10.8. The highest BCUT2D eigenvalue weighted by Crippen LogP contribution is 2.22. The summed E-state index contributed by atoms with van der Waals surface area (Å²) in [6.45, 7) is 4.55. The van der Waals surface area contributed by atoms with Crippen LogP contribution in [0.4, 0.5) is 0 Å². The topological polar surface area (TPSA) is 55.1 Å². The van der Waals surface area contributed by atoms with Crippen molar-refractivity contribution in [1.29, 1.82) is 0 Å². The van der Waals surface area contributed by atoms with E-state index in [9.17, 15) is 4.79 Å². The molecule has 1 aromatic rings. The molecule has 4 heteroatoms. The molecule has 1 aliphatic rings. The fourth-order valence-corrected chi connectivity index (χ4v) is 1.97. The number of hydrogen-bond acceptors (Lipinski definition) is 2. The molecule has 0 amide bonds. The third kappa shape index (κ3) is 1.31. The number of fused-ring (bicyclic) bond motifs is 1. The van der Waals surface area contributed by atoms with Crippen LogP contribution in [-0.4, -0.2) is 20.6 Å². The highest BCUT2D eigenvalue weighted by atomic mass is 16.4. The summed E-state index contributed by atoms with van der Waals surface area (Å²) in [6, 6.07) is 0. The van der Waals surface area contributed by atoms with E-state index >= 15 is 0 Å². The third-order valence-corrected chi connectivity index (χ3v) is 3.01. The van der Waals surface area contributed by atoms with Crippen LogP contribution in [0.2, 0.25) is 0 Å². The second kappa shape index (κ2) is 3.12. The Kier molecular flexibility index (Phi) is 2.06. The van der Waals surface area contributed by atoms with Crippen molar-refractivity contribution in [3.05, 3.63) is 17.2 Å². The zero-order valence-electron chi connectivity index (χ0n) is 8.45. The molecule has 0 aromatic carbocycles. The molecule has 0 aliphatic carbocycles. The Morgan fingerprint density at radius 3 is 2.93 bits per heavy atom. The van der Waals surface area contributed by atoms with Gasteiger partial charge in [0.05, 0.1) is 11.6 Å². The van der Waals surface area contributed by atoms with Gasteiger partial charge in [-0.1, -0.05) is 0 Å². The molecule has 1 atom stereocenters. The Morgan fingerprint density at radius 2 is 2.29 bits per heavy atom. The van der Waals surface area contributed by atoms with Crippen LogP contribution in [0, 0.1) is 19.8 Å². The smallest absolute Gasteiger partial charge is 0.308 e. The quantitative estimate of drug-likeness (QED) is 0.729. The van der Waals surface area contributed by atoms with E-state index in [1.54, 1.807) is 0 Å². The highest BCUT2D eigenvalue weighted by molar-refractivity contribution is 5.70. The third-order valence-electron chi connectivity index (χ3n) is 3.01. The Bertz CT molecular complexity index is 382. The number of carboxylic acids is 1. The average molecular weight is 194 g/mol. The fourth-order valence-electron chi connectivity index (χ4n) is 1.97. The Hall–Kier alpha value is -1.32. The van der Waals surface area contributed by atoms with Crippen molar-refractivity contribution < 1.29 is 9.90 Å². The van der Waals surface area contributed by atoms with Crippen molar-refractivity contribution in [3.63, 3.8) is 0 Å². The number of aryl methyl sites for hydroxylation is 2. The molecule has 0 spiro atoms. The van der Waals surface area contributed by atoms with Crippen molar-refractivity contribution in [2.75, 3.05) is 0 Å². The number of aliphatic carboxylic acids is 1. The standard InChI is InChI=1S/C10H14N2O2/c1-6-7(2)12-5-8(10(13)14)3-4-9(12)11-6/h8H,3-5H2,1-2H3,(H,13,14)/t8-/m1/s1. The van der Waals surface area contributed by atoms with Crippen LogP contribution in [0.25, 0.3) is 0 Å². The minimum Gasteiger partial charge on any atom is -0.481 e. The molecule has 0 saturated carbocycles. The van der Waals surface area contributed by atoms with E-state index in [0.717, 1.165) is 23.6 Å². The predicted octanol–water partition coefficient (Wildman–Crippen LogP) is 1.15. The van der Waals surface area contributed by atoms with E-state index in [2.05, 4.69) is 4.98 Å². The van der Waals surface area contributed by atoms with Gasteiger partial charge >= 0.3 is 5.97 Å². The number of carboxylic acid groups (broad SMARTS) is 1. The number of nitrogens with zero attached hydrogens (tertiary/aromatic N) is 2. The van der Waals surface area contributed by atoms with Gasteiger partial charge in [-0.05, 0) is 20.3 Å². The maximum Gasteiger partial charge on any atom is 0.308 e. The van der Waals surface area contributed by atoms with E-state index in [1.807, 2.05) is 18.4 Å². The van der Waals surface area contributed by atoms with E-state index in [-0.39, 0.29) is 5.92 Å². The lowest BCUT2D eigenvalue weighted by Gasteiger charge is -2.21. The van der Waals surface area contributed by atoms with Gasteiger partial charge < -0.3 is 9.67 Å². The molecular weight excluding hydrogens is 180 g/mol. The van der Waals surface area contributed by atoms with Crippen molar-refractivity contribution in [2.45, 2.75) is 33.2 Å². The summed E-state index contributed by atoms with van der Waals surface area (Å²) in [5, 5.41) is 8.93. The molecule has 0 unspecified atom stereocenters. The molecule has 1 aliphatic heterocycles. The first-order chi connectivity index (χ1) is 6.59. The van der Waals surface area contributed by atoms with Gasteiger partial charge in [-0.2, -0.15) is 0 Å². The minimum atomic E-state index is -0.693. The lowest BCUT2D eigenvalue weighted by atomic mass is 10.00. The lowest BCUT2D eigenvalue weighted by Crippen LogP contribution is -2.27. The summed E-state index contributed by atoms with van der Waals surface area (Å²) >= 11 is 0. The van der Waals surface area contributed by atoms with Crippen molar-refractivity contribution in [3.8, 4) is 0 Å². The van der Waals surface area contributed by atoms with Gasteiger partial charge in [-0.25, -0.2) is 4.98 Å². The molecule has 1 N–H and O–H groups in total. The van der Waals surface area contributed by atoms with Gasteiger partial charge in [0.2, 0.25) is 0 Å². The van der Waals surface area contributed by atoms with Crippen LogP contribution in [0.3, 0.4) is 0 Å². The average Bonchev–Trinajstić information content (AvgIpc) is 2.43. The number of rotatable bonds is 1. The second-order valence-corrected chi connectivity index (χ2v) is 3.88. The molecule has 76 valence electrons. The van der Waals surface area contributed by atoms with E-state index in [0.29, 0.717) is 13.0 Å². The van der Waals surface area contributed by atoms with Crippen molar-refractivity contribution >= 4 is 5.97 Å². The maximum absolute atomic E-state index is 10.8. The monoisotopic (exact) mass is 194 g/mol. The Balaban J connectivity index is 2.33. The molecule has 0 fully saturated rings. The summed E-state index contributed by atoms with van der Waals surface area (Å²) in [6.07, 6.45) is 1.50. The van der Waals surface area contributed by atoms with E-state index in [4.69, 9.17) is 5.11 Å². The molecule has 14 heavy (non-hydrogen) atoms. The number of imidazole rings is 1. The van der Waals surface area contributed by atoms with Gasteiger partial charge in [-0.3, -0.25) is 4.79 Å². The van der Waals surface area contributed by atoms with Crippen LogP contribution in [-0.2, 0) is 17.8 Å². The fraction of sp³-hybridized carbons (Fsp3) is 0.600. The van der Waals surface area contributed by atoms with Crippen LogP contribution in [0.15, 0.2) is 0 Å². The molecule has 1 aromatic heterocycles. The van der Waals surface area contributed by atoms with Crippen LogP contribution >= 0.6 is 0 Å². The van der Waals surface area contributed by atoms with Gasteiger partial charge in [0.1, 0.15) is 5.82 Å². The molecule has 2 heterocycles. The first-order valence-electron chi connectivity index (χ1n) is 4.85. The SMILES string of the molecule is Cc1nc2n(c1C)C[C@H](C(=O)O)CC2. The number of hydrogen-bond donors (Lipinski definition) is 1. The van der Waals surface area contributed by atoms with E-state index in [1.165, 1.54) is 0 Å². The summed E-state index contributed by atoms with van der Waals surface area (Å²) in [5.74, 6) is 0.105. The van der Waals surface area contributed by atoms with E-state index < -0.39 is 5.97 Å². The summed E-state index contributed by atoms with van der Waals surface area (Å²) in [7, 11) is 0. The minimum absolute atomic E-state index is 0.241. The van der Waals surface area contributed by atoms with Gasteiger partial charge in [0.25, 0.3) is 0 Å². The summed E-state index contributed by atoms with van der Waals surface area (Å²) in [5.41, 5.74) is 2.12. The molecule has 0 radical (unpaired) electrons. The Morgan fingerprint density at radius 1 is 1.57 bits per heavy atom. The van der Waals surface area contributed by atoms with Crippen molar-refractivity contribution in [2.24, 2.45) is 5.92 Å². The molecule has 0 saturated heterocycles. The van der Waals surface area contributed by atoms with Crippen LogP contribution in [0.1, 0.15) is 23.6 Å². The zero-order chi connectivity index (χ0) is 10.3. The number of carbonyl (C=O) groups is 1. The predicted molar refractivity (Wildman–Crippen MR) is 51.1 cm³/mol. The van der Waals surface area contributed by atoms with Gasteiger partial charge in [0, 0.05) is 18.7 Å². The van der Waals surface area contributed by atoms with Gasteiger partial charge in [0.15, 0.2) is 0 Å². The molecule has 0 bridgehead atoms. The first-order valence-corrected chi connectivity index (χ1v) is 4.85. The Labute approximate surface area is 82.6 Å². The van der Waals surface area contributed by atoms with Gasteiger partial charge in [-0.15, -0.1) is 0 Å². The summed E-state index contributed by atoms with van der Waals surface area (Å²) < 4.78 is 2.04. The van der Waals surface area contributed by atoms with Crippen LogP contribution < -0.4 is 0 Å². The first kappa shape index (κ1) is 9.24. The van der Waals surface area contributed by atoms with Crippen molar-refractivity contribution in [1.82, 2.24) is 9.55 Å². The summed E-state index contributed by atoms with van der Waals surface area (Å²) in [4.78, 5) is 15.3. The second-order valence-electron chi connectivity index (χ2n) is 3.88.